The van der Waals surface area contributed by atoms with Crippen molar-refractivity contribution >= 4 is 33.3 Å². The number of nitrogens with one attached hydrogen (secondary N) is 2. The number of aliphatic hydroxyl groups excluding tert-OH is 1. The molecule has 0 aliphatic rings. The van der Waals surface area contributed by atoms with E-state index in [-0.39, 0.29) is 0 Å². The number of hydrogen-bond donors (Lipinski definition) is 4. The van der Waals surface area contributed by atoms with Gasteiger partial charge in [0.25, 0.3) is 0 Å². The number of primary amides is 1. The molecule has 0 saturated carbocycles. The first-order valence-corrected chi connectivity index (χ1v) is 9.96. The predicted molar refractivity (Wildman–Crippen MR) is 115 cm³/mol. The molecular weight excluding hydrogens is 372 g/mol. The zero-order chi connectivity index (χ0) is 19.9. The summed E-state index contributed by atoms with van der Waals surface area (Å²) in [6.45, 7) is 3.51. The minimum Gasteiger partial charge on any atom is -0.386 e. The van der Waals surface area contributed by atoms with E-state index in [1.807, 2.05) is 43.3 Å². The summed E-state index contributed by atoms with van der Waals surface area (Å²) in [4.78, 5) is 16.6. The lowest BCUT2D eigenvalue weighted by atomic mass is 10.1. The Kier molecular flexibility index (Phi) is 6.62. The minimum atomic E-state index is -0.615. The van der Waals surface area contributed by atoms with Gasteiger partial charge in [-0.05, 0) is 42.1 Å². The molecular formula is C21H24N4O2S. The molecule has 0 saturated heterocycles. The number of carbonyl (C=O) groups is 1. The molecule has 6 nitrogen and oxygen atoms in total. The van der Waals surface area contributed by atoms with Crippen LogP contribution in [0.2, 0.25) is 0 Å². The maximum absolute atomic E-state index is 11.1. The fraction of sp³-hybridized carbons (Fsp3) is 0.238. The SMILES string of the molecule is CCNC(=NCc1ccc(C(N)=O)cc1)NCC(O)c1cc2ccccc2s1. The lowest BCUT2D eigenvalue weighted by molar-refractivity contribution is 0.100. The number of nitrogens with zero attached hydrogens (tertiary/aromatic N) is 1. The third kappa shape index (κ3) is 5.09. The van der Waals surface area contributed by atoms with Crippen LogP contribution in [0.1, 0.15) is 33.8 Å². The summed E-state index contributed by atoms with van der Waals surface area (Å²) in [6, 6.07) is 17.2. The second-order valence-corrected chi connectivity index (χ2v) is 7.45. The van der Waals surface area contributed by atoms with E-state index >= 15 is 0 Å². The second kappa shape index (κ2) is 9.34. The average molecular weight is 397 g/mol. The van der Waals surface area contributed by atoms with Gasteiger partial charge < -0.3 is 21.5 Å². The Morgan fingerprint density at radius 2 is 1.93 bits per heavy atom. The highest BCUT2D eigenvalue weighted by molar-refractivity contribution is 7.19. The highest BCUT2D eigenvalue weighted by Crippen LogP contribution is 2.29. The first-order valence-electron chi connectivity index (χ1n) is 9.14. The number of fused-ring (bicyclic) bond motifs is 1. The van der Waals surface area contributed by atoms with Crippen molar-refractivity contribution in [1.82, 2.24) is 10.6 Å². The Bertz CT molecular complexity index is 933. The van der Waals surface area contributed by atoms with Crippen LogP contribution < -0.4 is 16.4 Å². The number of thiophene rings is 1. The molecule has 3 rings (SSSR count). The monoisotopic (exact) mass is 396 g/mol. The number of nitrogens with two attached hydrogens (primary N) is 1. The number of rotatable bonds is 7. The van der Waals surface area contributed by atoms with Crippen LogP contribution in [-0.2, 0) is 6.54 Å². The molecule has 28 heavy (non-hydrogen) atoms. The van der Waals surface area contributed by atoms with Crippen molar-refractivity contribution in [2.24, 2.45) is 10.7 Å². The molecule has 0 spiro atoms. The molecule has 1 atom stereocenters. The molecule has 1 unspecified atom stereocenters. The minimum absolute atomic E-state index is 0.360. The Labute approximate surface area is 168 Å². The second-order valence-electron chi connectivity index (χ2n) is 6.34. The van der Waals surface area contributed by atoms with Gasteiger partial charge in [-0.3, -0.25) is 4.79 Å². The average Bonchev–Trinajstić information content (AvgIpc) is 3.14. The van der Waals surface area contributed by atoms with Crippen molar-refractivity contribution < 1.29 is 9.90 Å². The van der Waals surface area contributed by atoms with Gasteiger partial charge in [-0.2, -0.15) is 0 Å². The largest absolute Gasteiger partial charge is 0.386 e. The highest BCUT2D eigenvalue weighted by Gasteiger charge is 2.12. The van der Waals surface area contributed by atoms with E-state index in [0.717, 1.165) is 20.5 Å². The van der Waals surface area contributed by atoms with Crippen molar-refractivity contribution in [3.63, 3.8) is 0 Å². The van der Waals surface area contributed by atoms with Crippen LogP contribution in [0, 0.1) is 0 Å². The fourth-order valence-corrected chi connectivity index (χ4v) is 3.80. The van der Waals surface area contributed by atoms with Gasteiger partial charge in [-0.1, -0.05) is 30.3 Å². The van der Waals surface area contributed by atoms with Gasteiger partial charge >= 0.3 is 0 Å². The molecule has 7 heteroatoms. The van der Waals surface area contributed by atoms with Gasteiger partial charge in [0.05, 0.1) is 6.54 Å². The van der Waals surface area contributed by atoms with Gasteiger partial charge in [0.2, 0.25) is 5.91 Å². The Hall–Kier alpha value is -2.90. The number of amides is 1. The number of benzene rings is 2. The van der Waals surface area contributed by atoms with E-state index in [2.05, 4.69) is 21.7 Å². The predicted octanol–water partition coefficient (Wildman–Crippen LogP) is 2.79. The van der Waals surface area contributed by atoms with E-state index in [0.29, 0.717) is 31.2 Å². The number of guanidine groups is 1. The summed E-state index contributed by atoms with van der Waals surface area (Å²) >= 11 is 1.60. The smallest absolute Gasteiger partial charge is 0.248 e. The first-order chi connectivity index (χ1) is 13.6. The Balaban J connectivity index is 1.61. The van der Waals surface area contributed by atoms with Gasteiger partial charge in [0, 0.05) is 28.2 Å². The summed E-state index contributed by atoms with van der Waals surface area (Å²) in [6.07, 6.45) is -0.615. The van der Waals surface area contributed by atoms with E-state index < -0.39 is 12.0 Å². The Morgan fingerprint density at radius 1 is 1.18 bits per heavy atom. The number of hydrogen-bond acceptors (Lipinski definition) is 4. The van der Waals surface area contributed by atoms with Crippen molar-refractivity contribution in [2.75, 3.05) is 13.1 Å². The van der Waals surface area contributed by atoms with Crippen LogP contribution in [0.5, 0.6) is 0 Å². The Morgan fingerprint density at radius 3 is 2.61 bits per heavy atom. The molecule has 0 aliphatic heterocycles. The molecule has 0 aliphatic carbocycles. The lowest BCUT2D eigenvalue weighted by Gasteiger charge is -2.14. The topological polar surface area (TPSA) is 99.7 Å². The molecule has 5 N–H and O–H groups in total. The standard InChI is InChI=1S/C21H24N4O2S/c1-2-23-21(24-12-14-7-9-15(10-8-14)20(22)27)25-13-17(26)19-11-16-5-3-4-6-18(16)28-19/h3-11,17,26H,2,12-13H2,1H3,(H2,22,27)(H2,23,24,25). The summed E-state index contributed by atoms with van der Waals surface area (Å²) < 4.78 is 1.16. The van der Waals surface area contributed by atoms with E-state index in [9.17, 15) is 9.90 Å². The molecule has 1 heterocycles. The van der Waals surface area contributed by atoms with E-state index in [4.69, 9.17) is 5.73 Å². The first kappa shape index (κ1) is 19.9. The molecule has 2 aromatic carbocycles. The number of carbonyl (C=O) groups excluding carboxylic acids is 1. The van der Waals surface area contributed by atoms with E-state index in [1.54, 1.807) is 23.5 Å². The van der Waals surface area contributed by atoms with Crippen LogP contribution in [0.25, 0.3) is 10.1 Å². The molecule has 0 bridgehead atoms. The maximum atomic E-state index is 11.1. The van der Waals surface area contributed by atoms with Crippen LogP contribution in [0.4, 0.5) is 0 Å². The van der Waals surface area contributed by atoms with Crippen molar-refractivity contribution in [3.05, 3.63) is 70.6 Å². The summed E-state index contributed by atoms with van der Waals surface area (Å²) in [5.74, 6) is 0.182. The highest BCUT2D eigenvalue weighted by atomic mass is 32.1. The lowest BCUT2D eigenvalue weighted by Crippen LogP contribution is -2.39. The van der Waals surface area contributed by atoms with Crippen LogP contribution in [0.15, 0.2) is 59.6 Å². The van der Waals surface area contributed by atoms with Crippen molar-refractivity contribution in [2.45, 2.75) is 19.6 Å². The molecule has 0 radical (unpaired) electrons. The third-order valence-corrected chi connectivity index (χ3v) is 5.46. The molecule has 3 aromatic rings. The zero-order valence-corrected chi connectivity index (χ0v) is 16.5. The number of aliphatic imine (C=N–C) groups is 1. The van der Waals surface area contributed by atoms with Crippen molar-refractivity contribution in [1.29, 1.82) is 0 Å². The third-order valence-electron chi connectivity index (χ3n) is 4.24. The maximum Gasteiger partial charge on any atom is 0.248 e. The number of aliphatic hydroxyl groups is 1. The van der Waals surface area contributed by atoms with Gasteiger partial charge in [0.1, 0.15) is 6.10 Å². The zero-order valence-electron chi connectivity index (χ0n) is 15.7. The molecule has 0 fully saturated rings. The molecule has 146 valence electrons. The van der Waals surface area contributed by atoms with Gasteiger partial charge in [0.15, 0.2) is 5.96 Å². The van der Waals surface area contributed by atoms with E-state index in [1.165, 1.54) is 0 Å². The molecule has 1 amide bonds. The van der Waals surface area contributed by atoms with Crippen LogP contribution in [0.3, 0.4) is 0 Å². The summed E-state index contributed by atoms with van der Waals surface area (Å²) in [7, 11) is 0. The molecule has 1 aromatic heterocycles. The van der Waals surface area contributed by atoms with Gasteiger partial charge in [-0.15, -0.1) is 11.3 Å². The van der Waals surface area contributed by atoms with Crippen molar-refractivity contribution in [3.8, 4) is 0 Å². The van der Waals surface area contributed by atoms with Crippen LogP contribution >= 0.6 is 11.3 Å². The fourth-order valence-electron chi connectivity index (χ4n) is 2.75. The normalized spacial score (nSPS) is 12.7. The summed E-state index contributed by atoms with van der Waals surface area (Å²) in [5, 5.41) is 18.0. The summed E-state index contributed by atoms with van der Waals surface area (Å²) in [5.41, 5.74) is 6.70. The van der Waals surface area contributed by atoms with Gasteiger partial charge in [-0.25, -0.2) is 4.99 Å². The quantitative estimate of drug-likeness (QED) is 0.364. The van der Waals surface area contributed by atoms with Crippen LogP contribution in [-0.4, -0.2) is 30.1 Å².